The van der Waals surface area contributed by atoms with Gasteiger partial charge in [0.2, 0.25) is 5.95 Å². The summed E-state index contributed by atoms with van der Waals surface area (Å²) in [4.78, 5) is 19.0. The van der Waals surface area contributed by atoms with E-state index in [2.05, 4.69) is 27.7 Å². The fraction of sp³-hybridized carbons (Fsp3) is 0.391. The first-order chi connectivity index (χ1) is 15.2. The van der Waals surface area contributed by atoms with Gasteiger partial charge in [0.15, 0.2) is 0 Å². The fourth-order valence-corrected chi connectivity index (χ4v) is 4.42. The summed E-state index contributed by atoms with van der Waals surface area (Å²) >= 11 is 0. The van der Waals surface area contributed by atoms with Gasteiger partial charge in [0.1, 0.15) is 12.4 Å². The predicted molar refractivity (Wildman–Crippen MR) is 116 cm³/mol. The lowest BCUT2D eigenvalue weighted by molar-refractivity contribution is 0.0617. The molecule has 2 N–H and O–H groups in total. The number of imidazole rings is 1. The van der Waals surface area contributed by atoms with Crippen molar-refractivity contribution in [2.75, 3.05) is 31.3 Å². The Morgan fingerprint density at radius 3 is 2.84 bits per heavy atom. The molecule has 1 saturated heterocycles. The van der Waals surface area contributed by atoms with Crippen LogP contribution in [-0.4, -0.2) is 47.0 Å². The van der Waals surface area contributed by atoms with Gasteiger partial charge in [0.25, 0.3) is 5.91 Å². The van der Waals surface area contributed by atoms with E-state index >= 15 is 0 Å². The van der Waals surface area contributed by atoms with Crippen molar-refractivity contribution < 1.29 is 19.5 Å². The summed E-state index contributed by atoms with van der Waals surface area (Å²) < 4.78 is 13.8. The second kappa shape index (κ2) is 8.56. The van der Waals surface area contributed by atoms with Crippen molar-refractivity contribution in [3.8, 4) is 5.75 Å². The number of carbonyl (C=O) groups excluding carboxylic acids is 1. The zero-order valence-electron chi connectivity index (χ0n) is 17.3. The number of benzene rings is 2. The number of amides is 1. The maximum atomic E-state index is 11.8. The lowest BCUT2D eigenvalue weighted by Crippen LogP contribution is -2.29. The van der Waals surface area contributed by atoms with E-state index in [0.717, 1.165) is 55.1 Å². The highest BCUT2D eigenvalue weighted by Crippen LogP contribution is 2.31. The standard InChI is InChI=1S/C23H26N4O4/c28-22(25-29)17-5-6-18-15-26(9-12-31-21(18)13-17)23-24-19-3-1-2-4-20(19)27(23)14-16-7-10-30-11-8-16/h1-6,13,16,29H,7-12,14-15H2,(H,25,28). The van der Waals surface area contributed by atoms with Gasteiger partial charge < -0.3 is 18.9 Å². The molecule has 2 aliphatic heterocycles. The average Bonchev–Trinajstić information content (AvgIpc) is 3.03. The van der Waals surface area contributed by atoms with Crippen LogP contribution in [0.4, 0.5) is 5.95 Å². The van der Waals surface area contributed by atoms with Gasteiger partial charge in [-0.05, 0) is 43.0 Å². The van der Waals surface area contributed by atoms with Gasteiger partial charge in [-0.2, -0.15) is 0 Å². The summed E-state index contributed by atoms with van der Waals surface area (Å²) in [5.41, 5.74) is 5.15. The monoisotopic (exact) mass is 422 g/mol. The Balaban J connectivity index is 1.48. The fourth-order valence-electron chi connectivity index (χ4n) is 4.42. The van der Waals surface area contributed by atoms with E-state index < -0.39 is 5.91 Å². The second-order valence-electron chi connectivity index (χ2n) is 8.10. The minimum Gasteiger partial charge on any atom is -0.491 e. The van der Waals surface area contributed by atoms with Gasteiger partial charge in [-0.3, -0.25) is 10.0 Å². The zero-order valence-corrected chi connectivity index (χ0v) is 17.3. The molecule has 162 valence electrons. The molecule has 8 nitrogen and oxygen atoms in total. The Kier molecular flexibility index (Phi) is 5.48. The van der Waals surface area contributed by atoms with E-state index in [4.69, 9.17) is 19.7 Å². The van der Waals surface area contributed by atoms with E-state index in [9.17, 15) is 4.79 Å². The van der Waals surface area contributed by atoms with Crippen LogP contribution in [0.25, 0.3) is 11.0 Å². The normalized spacial score (nSPS) is 17.1. The number of nitrogens with zero attached hydrogens (tertiary/aromatic N) is 3. The SMILES string of the molecule is O=C(NO)c1ccc2c(c1)OCCN(c1nc3ccccc3n1CC1CCOCC1)C2. The van der Waals surface area contributed by atoms with Crippen LogP contribution in [0, 0.1) is 5.92 Å². The summed E-state index contributed by atoms with van der Waals surface area (Å²) in [6, 6.07) is 13.5. The molecule has 8 heteroatoms. The number of hydrogen-bond acceptors (Lipinski definition) is 6. The molecule has 1 aromatic heterocycles. The van der Waals surface area contributed by atoms with E-state index in [-0.39, 0.29) is 0 Å². The maximum absolute atomic E-state index is 11.8. The molecule has 3 heterocycles. The van der Waals surface area contributed by atoms with Crippen LogP contribution in [0.2, 0.25) is 0 Å². The molecule has 2 aliphatic rings. The molecule has 0 bridgehead atoms. The number of rotatable bonds is 4. The van der Waals surface area contributed by atoms with Crippen molar-refractivity contribution in [1.82, 2.24) is 15.0 Å². The predicted octanol–water partition coefficient (Wildman–Crippen LogP) is 2.98. The highest BCUT2D eigenvalue weighted by molar-refractivity contribution is 5.93. The lowest BCUT2D eigenvalue weighted by atomic mass is 10.0. The molecule has 1 fully saturated rings. The minimum atomic E-state index is -0.550. The minimum absolute atomic E-state index is 0.362. The summed E-state index contributed by atoms with van der Waals surface area (Å²) in [6.07, 6.45) is 2.13. The number of aromatic nitrogens is 2. The molecule has 0 spiro atoms. The number of fused-ring (bicyclic) bond motifs is 2. The van der Waals surface area contributed by atoms with Crippen LogP contribution in [-0.2, 0) is 17.8 Å². The summed E-state index contributed by atoms with van der Waals surface area (Å²) in [5.74, 6) is 1.63. The Labute approximate surface area is 180 Å². The third-order valence-electron chi connectivity index (χ3n) is 6.11. The van der Waals surface area contributed by atoms with Crippen molar-refractivity contribution in [2.24, 2.45) is 5.92 Å². The molecule has 0 radical (unpaired) electrons. The van der Waals surface area contributed by atoms with Gasteiger partial charge in [0, 0.05) is 37.4 Å². The molecule has 31 heavy (non-hydrogen) atoms. The number of hydrogen-bond donors (Lipinski definition) is 2. The Bertz CT molecular complexity index is 1090. The van der Waals surface area contributed by atoms with Gasteiger partial charge in [-0.1, -0.05) is 18.2 Å². The Morgan fingerprint density at radius 1 is 1.16 bits per heavy atom. The molecular weight excluding hydrogens is 396 g/mol. The van der Waals surface area contributed by atoms with Gasteiger partial charge in [-0.25, -0.2) is 10.5 Å². The molecule has 1 amide bonds. The molecule has 0 unspecified atom stereocenters. The van der Waals surface area contributed by atoms with Crippen molar-refractivity contribution in [3.05, 3.63) is 53.6 Å². The van der Waals surface area contributed by atoms with Crippen molar-refractivity contribution in [1.29, 1.82) is 0 Å². The number of nitrogens with one attached hydrogen (secondary N) is 1. The van der Waals surface area contributed by atoms with Crippen molar-refractivity contribution in [2.45, 2.75) is 25.9 Å². The average molecular weight is 422 g/mol. The van der Waals surface area contributed by atoms with Crippen LogP contribution >= 0.6 is 0 Å². The first kappa shape index (κ1) is 19.8. The molecule has 2 aromatic carbocycles. The van der Waals surface area contributed by atoms with Gasteiger partial charge in [0.05, 0.1) is 17.6 Å². The van der Waals surface area contributed by atoms with Crippen LogP contribution in [0.15, 0.2) is 42.5 Å². The Hall–Kier alpha value is -3.10. The third-order valence-corrected chi connectivity index (χ3v) is 6.11. The number of carbonyl (C=O) groups is 1. The van der Waals surface area contributed by atoms with Crippen LogP contribution in [0.1, 0.15) is 28.8 Å². The summed E-state index contributed by atoms with van der Waals surface area (Å²) in [6.45, 7) is 4.36. The van der Waals surface area contributed by atoms with Crippen LogP contribution < -0.4 is 15.1 Å². The van der Waals surface area contributed by atoms with E-state index in [0.29, 0.717) is 36.9 Å². The van der Waals surface area contributed by atoms with E-state index in [1.165, 1.54) is 0 Å². The van der Waals surface area contributed by atoms with Crippen molar-refractivity contribution >= 4 is 22.9 Å². The number of para-hydroxylation sites is 2. The second-order valence-corrected chi connectivity index (χ2v) is 8.10. The quantitative estimate of drug-likeness (QED) is 0.496. The first-order valence-corrected chi connectivity index (χ1v) is 10.7. The topological polar surface area (TPSA) is 88.9 Å². The lowest BCUT2D eigenvalue weighted by Gasteiger charge is -2.27. The maximum Gasteiger partial charge on any atom is 0.274 e. The molecule has 0 saturated carbocycles. The van der Waals surface area contributed by atoms with E-state index in [1.807, 2.05) is 12.1 Å². The third kappa shape index (κ3) is 3.96. The van der Waals surface area contributed by atoms with Gasteiger partial charge in [-0.15, -0.1) is 0 Å². The first-order valence-electron chi connectivity index (χ1n) is 10.7. The van der Waals surface area contributed by atoms with E-state index in [1.54, 1.807) is 17.6 Å². The zero-order chi connectivity index (χ0) is 21.2. The molecule has 0 atom stereocenters. The van der Waals surface area contributed by atoms with Gasteiger partial charge >= 0.3 is 0 Å². The summed E-state index contributed by atoms with van der Waals surface area (Å²) in [5, 5.41) is 8.91. The molecular formula is C23H26N4O4. The molecule has 3 aromatic rings. The smallest absolute Gasteiger partial charge is 0.274 e. The highest BCUT2D eigenvalue weighted by Gasteiger charge is 2.24. The summed E-state index contributed by atoms with van der Waals surface area (Å²) in [7, 11) is 0. The van der Waals surface area contributed by atoms with Crippen molar-refractivity contribution in [3.63, 3.8) is 0 Å². The molecule has 5 rings (SSSR count). The number of anilines is 1. The number of hydroxylamine groups is 1. The number of ether oxygens (including phenoxy) is 2. The van der Waals surface area contributed by atoms with Crippen LogP contribution in [0.3, 0.4) is 0 Å². The van der Waals surface area contributed by atoms with Crippen LogP contribution in [0.5, 0.6) is 5.75 Å². The highest BCUT2D eigenvalue weighted by atomic mass is 16.5. The molecule has 0 aliphatic carbocycles. The largest absolute Gasteiger partial charge is 0.491 e. The Morgan fingerprint density at radius 2 is 2.00 bits per heavy atom.